The first-order valence-electron chi connectivity index (χ1n) is 5.95. The van der Waals surface area contributed by atoms with Gasteiger partial charge in [0.05, 0.1) is 0 Å². The van der Waals surface area contributed by atoms with Crippen LogP contribution in [0.3, 0.4) is 0 Å². The van der Waals surface area contributed by atoms with E-state index in [-0.39, 0.29) is 6.03 Å². The Kier molecular flexibility index (Phi) is 5.95. The Hall–Kier alpha value is -1.26. The van der Waals surface area contributed by atoms with Crippen molar-refractivity contribution in [2.75, 3.05) is 32.5 Å². The van der Waals surface area contributed by atoms with E-state index in [9.17, 15) is 4.79 Å². The van der Waals surface area contributed by atoms with Crippen LogP contribution in [0, 0.1) is 6.92 Å². The Bertz CT molecular complexity index is 407. The van der Waals surface area contributed by atoms with Gasteiger partial charge in [0.2, 0.25) is 0 Å². The molecule has 5 heteroatoms. The summed E-state index contributed by atoms with van der Waals surface area (Å²) in [4.78, 5) is 13.7. The fourth-order valence-corrected chi connectivity index (χ4v) is 1.68. The number of benzene rings is 1. The van der Waals surface area contributed by atoms with Crippen LogP contribution >= 0.6 is 11.6 Å². The maximum Gasteiger partial charge on any atom is 0.319 e. The van der Waals surface area contributed by atoms with E-state index >= 15 is 0 Å². The van der Waals surface area contributed by atoms with Gasteiger partial charge in [-0.2, -0.15) is 0 Å². The zero-order valence-corrected chi connectivity index (χ0v) is 11.8. The van der Waals surface area contributed by atoms with Crippen molar-refractivity contribution in [2.45, 2.75) is 13.3 Å². The van der Waals surface area contributed by atoms with Crippen molar-refractivity contribution in [1.29, 1.82) is 0 Å². The molecule has 1 rings (SSSR count). The zero-order chi connectivity index (χ0) is 13.5. The first kappa shape index (κ1) is 14.8. The zero-order valence-electron chi connectivity index (χ0n) is 11.1. The van der Waals surface area contributed by atoms with Gasteiger partial charge in [-0.15, -0.1) is 0 Å². The van der Waals surface area contributed by atoms with Crippen molar-refractivity contribution < 1.29 is 4.79 Å². The van der Waals surface area contributed by atoms with Gasteiger partial charge in [-0.3, -0.25) is 0 Å². The largest absolute Gasteiger partial charge is 0.338 e. The van der Waals surface area contributed by atoms with E-state index < -0.39 is 0 Å². The molecule has 0 aliphatic rings. The molecular formula is C13H20ClN3O. The van der Waals surface area contributed by atoms with Gasteiger partial charge in [0.1, 0.15) is 0 Å². The summed E-state index contributed by atoms with van der Waals surface area (Å²) in [6, 6.07) is 5.26. The third-order valence-electron chi connectivity index (χ3n) is 2.58. The first-order valence-corrected chi connectivity index (χ1v) is 6.33. The molecule has 0 saturated heterocycles. The number of halogens is 1. The van der Waals surface area contributed by atoms with E-state index in [4.69, 9.17) is 11.6 Å². The average molecular weight is 270 g/mol. The minimum Gasteiger partial charge on any atom is -0.338 e. The molecule has 0 spiro atoms. The van der Waals surface area contributed by atoms with Crippen LogP contribution in [0.2, 0.25) is 5.02 Å². The van der Waals surface area contributed by atoms with Gasteiger partial charge in [-0.1, -0.05) is 17.7 Å². The van der Waals surface area contributed by atoms with Gasteiger partial charge in [-0.05, 0) is 51.7 Å². The van der Waals surface area contributed by atoms with Gasteiger partial charge >= 0.3 is 6.03 Å². The van der Waals surface area contributed by atoms with E-state index in [1.165, 1.54) is 0 Å². The molecule has 0 aliphatic carbocycles. The standard InChI is InChI=1S/C13H20ClN3O/c1-10-11(14)6-4-7-12(10)16-13(18)15-8-5-9-17(2)3/h4,6-7H,5,8-9H2,1-3H3,(H2,15,16,18). The Labute approximate surface area is 113 Å². The lowest BCUT2D eigenvalue weighted by Crippen LogP contribution is -2.31. The number of hydrogen-bond donors (Lipinski definition) is 2. The summed E-state index contributed by atoms with van der Waals surface area (Å²) in [5.41, 5.74) is 1.62. The van der Waals surface area contributed by atoms with E-state index in [1.54, 1.807) is 6.07 Å². The molecule has 0 bridgehead atoms. The number of hydrogen-bond acceptors (Lipinski definition) is 2. The third kappa shape index (κ3) is 4.94. The van der Waals surface area contributed by atoms with Crippen LogP contribution in [0.1, 0.15) is 12.0 Å². The quantitative estimate of drug-likeness (QED) is 0.808. The number of anilines is 1. The maximum absolute atomic E-state index is 11.6. The minimum atomic E-state index is -0.195. The SMILES string of the molecule is Cc1c(Cl)cccc1NC(=O)NCCCN(C)C. The molecule has 0 fully saturated rings. The molecule has 0 radical (unpaired) electrons. The smallest absolute Gasteiger partial charge is 0.319 e. The highest BCUT2D eigenvalue weighted by Crippen LogP contribution is 2.22. The molecule has 0 aliphatic heterocycles. The minimum absolute atomic E-state index is 0.195. The van der Waals surface area contributed by atoms with Crippen LogP contribution in [-0.2, 0) is 0 Å². The molecule has 0 unspecified atom stereocenters. The van der Waals surface area contributed by atoms with Crippen LogP contribution < -0.4 is 10.6 Å². The molecule has 18 heavy (non-hydrogen) atoms. The number of urea groups is 1. The molecule has 0 aromatic heterocycles. The highest BCUT2D eigenvalue weighted by molar-refractivity contribution is 6.31. The van der Waals surface area contributed by atoms with E-state index in [0.29, 0.717) is 11.6 Å². The number of nitrogens with zero attached hydrogens (tertiary/aromatic N) is 1. The van der Waals surface area contributed by atoms with Gasteiger partial charge < -0.3 is 15.5 Å². The summed E-state index contributed by atoms with van der Waals surface area (Å²) in [6.45, 7) is 3.49. The normalized spacial score (nSPS) is 10.5. The highest BCUT2D eigenvalue weighted by Gasteiger charge is 2.05. The van der Waals surface area contributed by atoms with Crippen molar-refractivity contribution in [2.24, 2.45) is 0 Å². The number of amides is 2. The van der Waals surface area contributed by atoms with Crippen LogP contribution in [0.25, 0.3) is 0 Å². The summed E-state index contributed by atoms with van der Waals surface area (Å²) in [7, 11) is 4.02. The fraction of sp³-hybridized carbons (Fsp3) is 0.462. The second-order valence-electron chi connectivity index (χ2n) is 4.45. The Balaban J connectivity index is 2.38. The van der Waals surface area contributed by atoms with Crippen LogP contribution in [0.15, 0.2) is 18.2 Å². The monoisotopic (exact) mass is 269 g/mol. The summed E-state index contributed by atoms with van der Waals surface area (Å²) in [6.07, 6.45) is 0.926. The van der Waals surface area contributed by atoms with Crippen LogP contribution in [-0.4, -0.2) is 38.1 Å². The Morgan fingerprint density at radius 3 is 2.78 bits per heavy atom. The van der Waals surface area contributed by atoms with Gasteiger partial charge in [-0.25, -0.2) is 4.79 Å². The summed E-state index contributed by atoms with van der Waals surface area (Å²) < 4.78 is 0. The second-order valence-corrected chi connectivity index (χ2v) is 4.86. The lowest BCUT2D eigenvalue weighted by molar-refractivity contribution is 0.251. The van der Waals surface area contributed by atoms with Crippen molar-refractivity contribution in [3.8, 4) is 0 Å². The van der Waals surface area contributed by atoms with Crippen LogP contribution in [0.5, 0.6) is 0 Å². The Morgan fingerprint density at radius 1 is 1.39 bits per heavy atom. The Morgan fingerprint density at radius 2 is 2.11 bits per heavy atom. The number of carbonyl (C=O) groups excluding carboxylic acids is 1. The summed E-state index contributed by atoms with van der Waals surface area (Å²) >= 11 is 5.98. The van der Waals surface area contributed by atoms with E-state index in [0.717, 1.165) is 24.2 Å². The lowest BCUT2D eigenvalue weighted by atomic mass is 10.2. The molecule has 0 heterocycles. The summed E-state index contributed by atoms with van der Waals surface area (Å²) in [5, 5.41) is 6.26. The fourth-order valence-electron chi connectivity index (χ4n) is 1.51. The molecule has 1 aromatic rings. The van der Waals surface area contributed by atoms with Crippen molar-refractivity contribution in [3.63, 3.8) is 0 Å². The molecule has 2 amide bonds. The molecule has 0 saturated carbocycles. The maximum atomic E-state index is 11.6. The summed E-state index contributed by atoms with van der Waals surface area (Å²) in [5.74, 6) is 0. The lowest BCUT2D eigenvalue weighted by Gasteiger charge is -2.12. The van der Waals surface area contributed by atoms with Gasteiger partial charge in [0, 0.05) is 17.3 Å². The molecular weight excluding hydrogens is 250 g/mol. The molecule has 0 atom stereocenters. The first-order chi connectivity index (χ1) is 8.50. The van der Waals surface area contributed by atoms with E-state index in [1.807, 2.05) is 33.2 Å². The number of rotatable bonds is 5. The topological polar surface area (TPSA) is 44.4 Å². The van der Waals surface area contributed by atoms with Gasteiger partial charge in [0.25, 0.3) is 0 Å². The predicted octanol–water partition coefficient (Wildman–Crippen LogP) is 2.72. The van der Waals surface area contributed by atoms with Gasteiger partial charge in [0.15, 0.2) is 0 Å². The molecule has 4 nitrogen and oxygen atoms in total. The molecule has 100 valence electrons. The third-order valence-corrected chi connectivity index (χ3v) is 2.99. The van der Waals surface area contributed by atoms with E-state index in [2.05, 4.69) is 15.5 Å². The predicted molar refractivity (Wildman–Crippen MR) is 76.4 cm³/mol. The highest BCUT2D eigenvalue weighted by atomic mass is 35.5. The molecule has 2 N–H and O–H groups in total. The molecule has 1 aromatic carbocycles. The van der Waals surface area contributed by atoms with Crippen molar-refractivity contribution in [3.05, 3.63) is 28.8 Å². The second kappa shape index (κ2) is 7.24. The van der Waals surface area contributed by atoms with Crippen molar-refractivity contribution >= 4 is 23.3 Å². The number of carbonyl (C=O) groups is 1. The van der Waals surface area contributed by atoms with Crippen LogP contribution in [0.4, 0.5) is 10.5 Å². The van der Waals surface area contributed by atoms with Crippen molar-refractivity contribution in [1.82, 2.24) is 10.2 Å². The number of nitrogens with one attached hydrogen (secondary N) is 2. The average Bonchev–Trinajstić information content (AvgIpc) is 2.30.